The number of carbonyl (C=O) groups excluding carboxylic acids is 1. The lowest BCUT2D eigenvalue weighted by Gasteiger charge is -2.35. The first kappa shape index (κ1) is 16.0. The van der Waals surface area contributed by atoms with Crippen LogP contribution >= 0.6 is 0 Å². The summed E-state index contributed by atoms with van der Waals surface area (Å²) in [5, 5.41) is 4.03. The van der Waals surface area contributed by atoms with Gasteiger partial charge in [-0.3, -0.25) is 4.79 Å². The Bertz CT molecular complexity index is 778. The number of nitrogens with zero attached hydrogens (tertiary/aromatic N) is 2. The van der Waals surface area contributed by atoms with E-state index in [-0.39, 0.29) is 31.3 Å². The van der Waals surface area contributed by atoms with E-state index in [2.05, 4.69) is 5.16 Å². The summed E-state index contributed by atoms with van der Waals surface area (Å²) in [6.07, 6.45) is 0.316. The molecule has 1 saturated heterocycles. The van der Waals surface area contributed by atoms with Crippen LogP contribution in [0, 0.1) is 0 Å². The van der Waals surface area contributed by atoms with Crippen molar-refractivity contribution in [1.82, 2.24) is 10.1 Å². The lowest BCUT2D eigenvalue weighted by molar-refractivity contribution is -0.142. The van der Waals surface area contributed by atoms with Gasteiger partial charge in [0.1, 0.15) is 0 Å². The van der Waals surface area contributed by atoms with Crippen molar-refractivity contribution >= 4 is 5.91 Å². The molecule has 2 aliphatic heterocycles. The standard InChI is InChI=1S/C18H20N2O5/c1-11-8-20(9-12(2)24-11)18(21)7-14-6-16(25-19-14)13-3-4-15-17(5-13)23-10-22-15/h3-6,11-12H,7-10H2,1-2H3. The summed E-state index contributed by atoms with van der Waals surface area (Å²) in [5.41, 5.74) is 1.45. The van der Waals surface area contributed by atoms with Gasteiger partial charge in [-0.2, -0.15) is 0 Å². The van der Waals surface area contributed by atoms with E-state index in [1.807, 2.05) is 36.9 Å². The van der Waals surface area contributed by atoms with E-state index < -0.39 is 0 Å². The zero-order valence-electron chi connectivity index (χ0n) is 14.2. The van der Waals surface area contributed by atoms with E-state index in [1.165, 1.54) is 0 Å². The molecule has 0 saturated carbocycles. The first-order chi connectivity index (χ1) is 12.1. The molecule has 132 valence electrons. The summed E-state index contributed by atoms with van der Waals surface area (Å²) in [6.45, 7) is 5.39. The molecule has 2 aromatic rings. The summed E-state index contributed by atoms with van der Waals surface area (Å²) in [7, 11) is 0. The highest BCUT2D eigenvalue weighted by atomic mass is 16.7. The van der Waals surface area contributed by atoms with Crippen molar-refractivity contribution in [1.29, 1.82) is 0 Å². The van der Waals surface area contributed by atoms with Gasteiger partial charge >= 0.3 is 0 Å². The van der Waals surface area contributed by atoms with Gasteiger partial charge in [0, 0.05) is 24.7 Å². The van der Waals surface area contributed by atoms with E-state index >= 15 is 0 Å². The summed E-state index contributed by atoms with van der Waals surface area (Å²) >= 11 is 0. The molecule has 3 heterocycles. The third-order valence-corrected chi connectivity index (χ3v) is 4.32. The molecule has 2 atom stereocenters. The van der Waals surface area contributed by atoms with Gasteiger partial charge in [0.15, 0.2) is 17.3 Å². The summed E-state index contributed by atoms with van der Waals surface area (Å²) in [4.78, 5) is 14.3. The maximum atomic E-state index is 12.5. The zero-order valence-corrected chi connectivity index (χ0v) is 14.2. The van der Waals surface area contributed by atoms with Crippen LogP contribution in [0.3, 0.4) is 0 Å². The minimum Gasteiger partial charge on any atom is -0.454 e. The SMILES string of the molecule is CC1CN(C(=O)Cc2cc(-c3ccc4c(c3)OCO4)on2)CC(C)O1. The second-order valence-electron chi connectivity index (χ2n) is 6.48. The van der Waals surface area contributed by atoms with Gasteiger partial charge in [-0.15, -0.1) is 0 Å². The lowest BCUT2D eigenvalue weighted by atomic mass is 10.1. The van der Waals surface area contributed by atoms with Crippen LogP contribution in [0.4, 0.5) is 0 Å². The number of carbonyl (C=O) groups is 1. The molecule has 4 rings (SSSR count). The number of ether oxygens (including phenoxy) is 3. The van der Waals surface area contributed by atoms with Crippen molar-refractivity contribution in [2.45, 2.75) is 32.5 Å². The Kier molecular flexibility index (Phi) is 4.09. The highest BCUT2D eigenvalue weighted by Gasteiger charge is 2.26. The number of fused-ring (bicyclic) bond motifs is 1. The monoisotopic (exact) mass is 344 g/mol. The first-order valence-corrected chi connectivity index (χ1v) is 8.37. The molecular formula is C18H20N2O5. The van der Waals surface area contributed by atoms with E-state index in [0.29, 0.717) is 36.0 Å². The van der Waals surface area contributed by atoms with Gasteiger partial charge in [-0.25, -0.2) is 0 Å². The van der Waals surface area contributed by atoms with E-state index in [4.69, 9.17) is 18.7 Å². The van der Waals surface area contributed by atoms with Crippen molar-refractivity contribution in [3.63, 3.8) is 0 Å². The quantitative estimate of drug-likeness (QED) is 0.850. The van der Waals surface area contributed by atoms with Crippen LogP contribution in [-0.2, 0) is 16.0 Å². The number of benzene rings is 1. The zero-order chi connectivity index (χ0) is 17.4. The molecule has 0 N–H and O–H groups in total. The van der Waals surface area contributed by atoms with Gasteiger partial charge in [-0.1, -0.05) is 5.16 Å². The maximum Gasteiger partial charge on any atom is 0.231 e. The molecule has 25 heavy (non-hydrogen) atoms. The smallest absolute Gasteiger partial charge is 0.231 e. The Morgan fingerprint density at radius 1 is 1.16 bits per heavy atom. The van der Waals surface area contributed by atoms with Gasteiger partial charge in [0.05, 0.1) is 24.3 Å². The topological polar surface area (TPSA) is 74.0 Å². The Hall–Kier alpha value is -2.54. The fourth-order valence-corrected chi connectivity index (χ4v) is 3.23. The molecule has 1 amide bonds. The number of hydrogen-bond donors (Lipinski definition) is 0. The molecule has 0 bridgehead atoms. The molecule has 2 aliphatic rings. The van der Waals surface area contributed by atoms with Crippen molar-refractivity contribution in [3.8, 4) is 22.8 Å². The predicted molar refractivity (Wildman–Crippen MR) is 88.4 cm³/mol. The van der Waals surface area contributed by atoms with E-state index in [9.17, 15) is 4.79 Å². The summed E-state index contributed by atoms with van der Waals surface area (Å²) < 4.78 is 21.7. The molecule has 1 aromatic heterocycles. The van der Waals surface area contributed by atoms with Gasteiger partial charge in [0.2, 0.25) is 12.7 Å². The third-order valence-electron chi connectivity index (χ3n) is 4.32. The fraction of sp³-hybridized carbons (Fsp3) is 0.444. The van der Waals surface area contributed by atoms with Gasteiger partial charge in [0.25, 0.3) is 0 Å². The summed E-state index contributed by atoms with van der Waals surface area (Å²) in [5.74, 6) is 2.04. The normalized spacial score (nSPS) is 22.2. The maximum absolute atomic E-state index is 12.5. The van der Waals surface area contributed by atoms with Crippen molar-refractivity contribution in [2.24, 2.45) is 0 Å². The Labute approximate surface area is 145 Å². The molecule has 1 aromatic carbocycles. The van der Waals surface area contributed by atoms with Gasteiger partial charge < -0.3 is 23.6 Å². The fourth-order valence-electron chi connectivity index (χ4n) is 3.23. The van der Waals surface area contributed by atoms with Gasteiger partial charge in [-0.05, 0) is 32.0 Å². The third kappa shape index (κ3) is 3.32. The molecule has 0 spiro atoms. The lowest BCUT2D eigenvalue weighted by Crippen LogP contribution is -2.48. The molecule has 0 aliphatic carbocycles. The second-order valence-corrected chi connectivity index (χ2v) is 6.48. The number of hydrogen-bond acceptors (Lipinski definition) is 6. The Balaban J connectivity index is 1.45. The number of aromatic nitrogens is 1. The van der Waals surface area contributed by atoms with Crippen LogP contribution in [0.5, 0.6) is 11.5 Å². The molecule has 7 heteroatoms. The van der Waals surface area contributed by atoms with Crippen LogP contribution in [-0.4, -0.2) is 48.1 Å². The molecule has 2 unspecified atom stereocenters. The van der Waals surface area contributed by atoms with Crippen LogP contribution in [0.25, 0.3) is 11.3 Å². The Morgan fingerprint density at radius 2 is 1.92 bits per heavy atom. The van der Waals surface area contributed by atoms with Crippen molar-refractivity contribution in [3.05, 3.63) is 30.0 Å². The molecular weight excluding hydrogens is 324 g/mol. The Morgan fingerprint density at radius 3 is 2.72 bits per heavy atom. The van der Waals surface area contributed by atoms with Crippen LogP contribution in [0.1, 0.15) is 19.5 Å². The molecule has 0 radical (unpaired) electrons. The molecule has 7 nitrogen and oxygen atoms in total. The van der Waals surface area contributed by atoms with Crippen LogP contribution in [0.2, 0.25) is 0 Å². The second kappa shape index (κ2) is 6.40. The predicted octanol–water partition coefficient (Wildman–Crippen LogP) is 2.25. The minimum atomic E-state index is 0.0348. The number of morpholine rings is 1. The molecule has 1 fully saturated rings. The largest absolute Gasteiger partial charge is 0.454 e. The average molecular weight is 344 g/mol. The van der Waals surface area contributed by atoms with Crippen molar-refractivity contribution in [2.75, 3.05) is 19.9 Å². The first-order valence-electron chi connectivity index (χ1n) is 8.37. The highest BCUT2D eigenvalue weighted by Crippen LogP contribution is 2.36. The van der Waals surface area contributed by atoms with Crippen molar-refractivity contribution < 1.29 is 23.5 Å². The van der Waals surface area contributed by atoms with Crippen LogP contribution < -0.4 is 9.47 Å². The van der Waals surface area contributed by atoms with E-state index in [0.717, 1.165) is 5.56 Å². The highest BCUT2D eigenvalue weighted by molar-refractivity contribution is 5.79. The van der Waals surface area contributed by atoms with Crippen LogP contribution in [0.15, 0.2) is 28.8 Å². The number of rotatable bonds is 3. The van der Waals surface area contributed by atoms with E-state index in [1.54, 1.807) is 6.07 Å². The number of amides is 1. The summed E-state index contributed by atoms with van der Waals surface area (Å²) in [6, 6.07) is 7.36. The minimum absolute atomic E-state index is 0.0348. The average Bonchev–Trinajstić information content (AvgIpc) is 3.22.